The van der Waals surface area contributed by atoms with Crippen LogP contribution in [-0.4, -0.2) is 15.9 Å². The van der Waals surface area contributed by atoms with E-state index in [1.807, 2.05) is 31.2 Å². The van der Waals surface area contributed by atoms with Crippen LogP contribution in [0.2, 0.25) is 5.15 Å². The first kappa shape index (κ1) is 12.5. The average Bonchev–Trinajstić information content (AvgIpc) is 2.27. The molecule has 92 valence electrons. The molecule has 2 aromatic rings. The second-order valence-corrected chi connectivity index (χ2v) is 4.28. The van der Waals surface area contributed by atoms with E-state index in [0.717, 1.165) is 11.1 Å². The van der Waals surface area contributed by atoms with Crippen molar-refractivity contribution in [2.45, 2.75) is 13.8 Å². The SMILES string of the molecule is CC(=O)Nc1cc(Cl)nc(-c2ccccc2C)n1. The van der Waals surface area contributed by atoms with E-state index in [-0.39, 0.29) is 5.91 Å². The normalized spacial score (nSPS) is 10.2. The maximum atomic E-state index is 11.0. The summed E-state index contributed by atoms with van der Waals surface area (Å²) in [5.74, 6) is 0.714. The van der Waals surface area contributed by atoms with Crippen LogP contribution in [-0.2, 0) is 4.79 Å². The van der Waals surface area contributed by atoms with Gasteiger partial charge in [-0.3, -0.25) is 4.79 Å². The molecule has 0 aliphatic heterocycles. The van der Waals surface area contributed by atoms with Crippen molar-refractivity contribution in [3.63, 3.8) is 0 Å². The minimum Gasteiger partial charge on any atom is -0.311 e. The van der Waals surface area contributed by atoms with E-state index in [2.05, 4.69) is 15.3 Å². The van der Waals surface area contributed by atoms with Gasteiger partial charge in [-0.25, -0.2) is 9.97 Å². The molecule has 5 heteroatoms. The molecular weight excluding hydrogens is 250 g/mol. The minimum absolute atomic E-state index is 0.194. The summed E-state index contributed by atoms with van der Waals surface area (Å²) in [6.07, 6.45) is 0. The van der Waals surface area contributed by atoms with Crippen molar-refractivity contribution < 1.29 is 4.79 Å². The fourth-order valence-electron chi connectivity index (χ4n) is 1.61. The first-order chi connectivity index (χ1) is 8.56. The number of carbonyl (C=O) groups is 1. The zero-order valence-corrected chi connectivity index (χ0v) is 10.8. The average molecular weight is 262 g/mol. The summed E-state index contributed by atoms with van der Waals surface area (Å²) >= 11 is 5.93. The maximum absolute atomic E-state index is 11.0. The molecule has 0 saturated heterocycles. The third kappa shape index (κ3) is 2.84. The molecule has 0 fully saturated rings. The lowest BCUT2D eigenvalue weighted by atomic mass is 10.1. The van der Waals surface area contributed by atoms with E-state index in [9.17, 15) is 4.79 Å². The lowest BCUT2D eigenvalue weighted by molar-refractivity contribution is -0.114. The Morgan fingerprint density at radius 2 is 2.00 bits per heavy atom. The summed E-state index contributed by atoms with van der Waals surface area (Å²) in [6.45, 7) is 3.39. The number of nitrogens with one attached hydrogen (secondary N) is 1. The molecule has 0 atom stereocenters. The highest BCUT2D eigenvalue weighted by atomic mass is 35.5. The molecule has 0 bridgehead atoms. The van der Waals surface area contributed by atoms with E-state index in [1.54, 1.807) is 0 Å². The Hall–Kier alpha value is -1.94. The summed E-state index contributed by atoms with van der Waals surface area (Å²) in [5.41, 5.74) is 1.94. The van der Waals surface area contributed by atoms with E-state index in [1.165, 1.54) is 13.0 Å². The smallest absolute Gasteiger partial charge is 0.222 e. The third-order valence-electron chi connectivity index (χ3n) is 2.38. The number of carbonyl (C=O) groups excluding carboxylic acids is 1. The van der Waals surface area contributed by atoms with Crippen LogP contribution >= 0.6 is 11.6 Å². The number of nitrogens with zero attached hydrogens (tertiary/aromatic N) is 2. The highest BCUT2D eigenvalue weighted by molar-refractivity contribution is 6.29. The van der Waals surface area contributed by atoms with Gasteiger partial charge >= 0.3 is 0 Å². The van der Waals surface area contributed by atoms with Gasteiger partial charge in [0.05, 0.1) is 0 Å². The zero-order chi connectivity index (χ0) is 13.1. The number of hydrogen-bond acceptors (Lipinski definition) is 3. The van der Waals surface area contributed by atoms with Crippen LogP contribution in [0.25, 0.3) is 11.4 Å². The van der Waals surface area contributed by atoms with Crippen molar-refractivity contribution >= 4 is 23.3 Å². The number of rotatable bonds is 2. The van der Waals surface area contributed by atoms with Crippen molar-refractivity contribution in [1.29, 1.82) is 0 Å². The molecule has 1 aromatic carbocycles. The predicted octanol–water partition coefficient (Wildman–Crippen LogP) is 3.06. The monoisotopic (exact) mass is 261 g/mol. The van der Waals surface area contributed by atoms with Gasteiger partial charge in [-0.05, 0) is 12.5 Å². The van der Waals surface area contributed by atoms with Gasteiger partial charge in [0.15, 0.2) is 5.82 Å². The van der Waals surface area contributed by atoms with Crippen LogP contribution in [0.1, 0.15) is 12.5 Å². The fraction of sp³-hybridized carbons (Fsp3) is 0.154. The largest absolute Gasteiger partial charge is 0.311 e. The molecule has 18 heavy (non-hydrogen) atoms. The quantitative estimate of drug-likeness (QED) is 0.846. The van der Waals surface area contributed by atoms with Gasteiger partial charge in [0.2, 0.25) is 5.91 Å². The molecule has 1 N–H and O–H groups in total. The molecule has 0 radical (unpaired) electrons. The number of aryl methyl sites for hydroxylation is 1. The Labute approximate surface area is 110 Å². The van der Waals surface area contributed by atoms with Gasteiger partial charge in [-0.2, -0.15) is 0 Å². The van der Waals surface area contributed by atoms with Gasteiger partial charge in [0, 0.05) is 18.6 Å². The third-order valence-corrected chi connectivity index (χ3v) is 2.58. The fourth-order valence-corrected chi connectivity index (χ4v) is 1.79. The number of amides is 1. The molecule has 0 aliphatic carbocycles. The Balaban J connectivity index is 2.48. The molecule has 1 heterocycles. The lowest BCUT2D eigenvalue weighted by Crippen LogP contribution is -2.08. The van der Waals surface area contributed by atoms with Crippen LogP contribution in [0.4, 0.5) is 5.82 Å². The molecule has 1 amide bonds. The van der Waals surface area contributed by atoms with Crippen LogP contribution in [0.5, 0.6) is 0 Å². The summed E-state index contributed by atoms with van der Waals surface area (Å²) in [5, 5.41) is 2.90. The summed E-state index contributed by atoms with van der Waals surface area (Å²) < 4.78 is 0. The molecule has 0 unspecified atom stereocenters. The Morgan fingerprint density at radius 3 is 2.67 bits per heavy atom. The summed E-state index contributed by atoms with van der Waals surface area (Å²) in [4.78, 5) is 19.5. The predicted molar refractivity (Wildman–Crippen MR) is 71.5 cm³/mol. The van der Waals surface area contributed by atoms with Crippen molar-refractivity contribution in [1.82, 2.24) is 9.97 Å². The lowest BCUT2D eigenvalue weighted by Gasteiger charge is -2.07. The van der Waals surface area contributed by atoms with Gasteiger partial charge in [0.1, 0.15) is 11.0 Å². The molecule has 2 rings (SSSR count). The minimum atomic E-state index is -0.194. The van der Waals surface area contributed by atoms with Gasteiger partial charge in [-0.1, -0.05) is 35.9 Å². The highest BCUT2D eigenvalue weighted by Gasteiger charge is 2.08. The molecule has 0 aliphatic rings. The Morgan fingerprint density at radius 1 is 1.28 bits per heavy atom. The van der Waals surface area contributed by atoms with E-state index in [4.69, 9.17) is 11.6 Å². The second kappa shape index (κ2) is 5.14. The number of anilines is 1. The van der Waals surface area contributed by atoms with Crippen LogP contribution < -0.4 is 5.32 Å². The molecule has 4 nitrogen and oxygen atoms in total. The van der Waals surface area contributed by atoms with E-state index >= 15 is 0 Å². The van der Waals surface area contributed by atoms with Crippen molar-refractivity contribution in [3.05, 3.63) is 41.0 Å². The highest BCUT2D eigenvalue weighted by Crippen LogP contribution is 2.23. The van der Waals surface area contributed by atoms with Crippen LogP contribution in [0, 0.1) is 6.92 Å². The molecular formula is C13H12ClN3O. The van der Waals surface area contributed by atoms with E-state index < -0.39 is 0 Å². The Bertz CT molecular complexity index is 599. The molecule has 1 aromatic heterocycles. The first-order valence-corrected chi connectivity index (χ1v) is 5.82. The van der Waals surface area contributed by atoms with Gasteiger partial charge < -0.3 is 5.32 Å². The number of aromatic nitrogens is 2. The number of hydrogen-bond donors (Lipinski definition) is 1. The molecule has 0 saturated carbocycles. The van der Waals surface area contributed by atoms with Crippen LogP contribution in [0.15, 0.2) is 30.3 Å². The zero-order valence-electron chi connectivity index (χ0n) is 10.1. The van der Waals surface area contributed by atoms with Crippen molar-refractivity contribution in [2.24, 2.45) is 0 Å². The van der Waals surface area contributed by atoms with Gasteiger partial charge in [0.25, 0.3) is 0 Å². The van der Waals surface area contributed by atoms with Crippen LogP contribution in [0.3, 0.4) is 0 Å². The maximum Gasteiger partial charge on any atom is 0.222 e. The van der Waals surface area contributed by atoms with Crippen molar-refractivity contribution in [3.8, 4) is 11.4 Å². The standard InChI is InChI=1S/C13H12ClN3O/c1-8-5-3-4-6-10(8)13-16-11(14)7-12(17-13)15-9(2)18/h3-7H,1-2H3,(H,15,16,17,18). The number of halogens is 1. The van der Waals surface area contributed by atoms with Crippen molar-refractivity contribution in [2.75, 3.05) is 5.32 Å². The molecule has 0 spiro atoms. The summed E-state index contributed by atoms with van der Waals surface area (Å²) in [6, 6.07) is 9.25. The second-order valence-electron chi connectivity index (χ2n) is 3.90. The Kier molecular flexibility index (Phi) is 3.58. The van der Waals surface area contributed by atoms with Gasteiger partial charge in [-0.15, -0.1) is 0 Å². The van der Waals surface area contributed by atoms with E-state index in [0.29, 0.717) is 16.8 Å². The summed E-state index contributed by atoms with van der Waals surface area (Å²) in [7, 11) is 0. The topological polar surface area (TPSA) is 54.9 Å². The first-order valence-electron chi connectivity index (χ1n) is 5.44. The number of benzene rings is 1.